The lowest BCUT2D eigenvalue weighted by atomic mass is 10.6. The maximum Gasteiger partial charge on any atom is 0.0983 e. The molecule has 0 aliphatic carbocycles. The Bertz CT molecular complexity index is 58.6. The molecule has 0 radical (unpaired) electrons. The van der Waals surface area contributed by atoms with Gasteiger partial charge in [-0.2, -0.15) is 0 Å². The predicted molar refractivity (Wildman–Crippen MR) is 51.4 cm³/mol. The van der Waals surface area contributed by atoms with Gasteiger partial charge in [0.25, 0.3) is 0 Å². The van der Waals surface area contributed by atoms with Crippen LogP contribution in [0.15, 0.2) is 4.99 Å². The van der Waals surface area contributed by atoms with Gasteiger partial charge in [-0.15, -0.1) is 0 Å². The van der Waals surface area contributed by atoms with Gasteiger partial charge in [0.2, 0.25) is 0 Å². The van der Waals surface area contributed by atoms with Crippen LogP contribution in [-0.2, 0) is 0 Å². The van der Waals surface area contributed by atoms with E-state index in [0.29, 0.717) is 0 Å². The molecule has 0 fully saturated rings. The van der Waals surface area contributed by atoms with Crippen LogP contribution < -0.4 is 4.72 Å². The van der Waals surface area contributed by atoms with Crippen LogP contribution in [0.4, 0.5) is 0 Å². The average molecular weight is 162 g/mol. The van der Waals surface area contributed by atoms with Gasteiger partial charge in [-0.05, 0) is 11.9 Å². The van der Waals surface area contributed by atoms with Gasteiger partial charge < -0.3 is 0 Å². The monoisotopic (exact) mass is 162 g/mol. The summed E-state index contributed by atoms with van der Waals surface area (Å²) in [5, 5.41) is 0. The Kier molecular flexibility index (Phi) is 20.2. The van der Waals surface area contributed by atoms with Crippen LogP contribution in [0.2, 0.25) is 0 Å². The molecule has 0 saturated carbocycles. The largest absolute Gasteiger partial charge is 0.269 e. The fourth-order valence-electron chi connectivity index (χ4n) is 0.186. The second kappa shape index (κ2) is 16.0. The van der Waals surface area contributed by atoms with E-state index >= 15 is 0 Å². The molecule has 0 atom stereocenters. The third-order valence-corrected chi connectivity index (χ3v) is 0.917. The number of nitrogens with one attached hydrogen (secondary N) is 1. The van der Waals surface area contributed by atoms with E-state index in [1.165, 1.54) is 18.4 Å². The maximum atomic E-state index is 3.81. The molecule has 10 heavy (non-hydrogen) atoms. The van der Waals surface area contributed by atoms with Crippen molar-refractivity contribution < 1.29 is 0 Å². The van der Waals surface area contributed by atoms with Gasteiger partial charge in [-0.1, -0.05) is 34.1 Å². The van der Waals surface area contributed by atoms with Gasteiger partial charge in [-0.3, -0.25) is 4.99 Å². The second-order valence-corrected chi connectivity index (χ2v) is 2.15. The molecule has 1 rings (SSSR count). The molecular weight excluding hydrogens is 144 g/mol. The fraction of sp³-hybridized carbons (Fsp3) is 0.857. The lowest BCUT2D eigenvalue weighted by Gasteiger charge is -1.73. The van der Waals surface area contributed by atoms with E-state index in [1.807, 2.05) is 13.8 Å². The summed E-state index contributed by atoms with van der Waals surface area (Å²) in [6, 6.07) is 0. The summed E-state index contributed by atoms with van der Waals surface area (Å²) >= 11 is 1.53. The summed E-state index contributed by atoms with van der Waals surface area (Å²) in [4.78, 5) is 3.81. The quantitative estimate of drug-likeness (QED) is 0.554. The number of rotatable bonds is 0. The Morgan fingerprint density at radius 1 is 1.50 bits per heavy atom. The van der Waals surface area contributed by atoms with Crippen molar-refractivity contribution in [2.45, 2.75) is 34.1 Å². The Labute approximate surface area is 68.6 Å². The van der Waals surface area contributed by atoms with E-state index in [2.05, 4.69) is 23.6 Å². The van der Waals surface area contributed by atoms with E-state index < -0.39 is 0 Å². The van der Waals surface area contributed by atoms with Crippen LogP contribution in [0.25, 0.3) is 0 Å². The first-order chi connectivity index (χ1) is 4.91. The van der Waals surface area contributed by atoms with Gasteiger partial charge in [0.05, 0.1) is 12.2 Å². The van der Waals surface area contributed by atoms with Crippen molar-refractivity contribution in [1.82, 2.24) is 4.72 Å². The molecule has 2 nitrogen and oxygen atoms in total. The molecule has 62 valence electrons. The number of nitrogens with zero attached hydrogens (tertiary/aromatic N) is 1. The Hall–Kier alpha value is -0.0200. The summed E-state index contributed by atoms with van der Waals surface area (Å²) in [6.07, 6.45) is 1.25. The van der Waals surface area contributed by atoms with E-state index in [0.717, 1.165) is 6.67 Å². The van der Waals surface area contributed by atoms with E-state index in [-0.39, 0.29) is 0 Å². The molecule has 0 aromatic heterocycles. The lowest BCUT2D eigenvalue weighted by Crippen LogP contribution is -1.92. The Morgan fingerprint density at radius 3 is 2.10 bits per heavy atom. The van der Waals surface area contributed by atoms with E-state index in [9.17, 15) is 0 Å². The minimum atomic E-state index is 0.782. The zero-order valence-corrected chi connectivity index (χ0v) is 8.16. The summed E-state index contributed by atoms with van der Waals surface area (Å²) in [6.45, 7) is 9.03. The Balaban J connectivity index is 0. The van der Waals surface area contributed by atoms with Crippen LogP contribution in [0.3, 0.4) is 0 Å². The minimum absolute atomic E-state index is 0.782. The topological polar surface area (TPSA) is 24.4 Å². The van der Waals surface area contributed by atoms with Crippen molar-refractivity contribution >= 4 is 17.5 Å². The minimum Gasteiger partial charge on any atom is -0.269 e. The SMILES string of the molecule is C1=NCNS1.CC.CCC. The van der Waals surface area contributed by atoms with Gasteiger partial charge in [0.1, 0.15) is 0 Å². The average Bonchev–Trinajstić information content (AvgIpc) is 2.48. The molecule has 0 aromatic carbocycles. The van der Waals surface area contributed by atoms with E-state index in [1.54, 1.807) is 5.55 Å². The van der Waals surface area contributed by atoms with Gasteiger partial charge in [-0.25, -0.2) is 4.72 Å². The van der Waals surface area contributed by atoms with Crippen LogP contribution in [-0.4, -0.2) is 12.2 Å². The van der Waals surface area contributed by atoms with Gasteiger partial charge in [0, 0.05) is 0 Å². The van der Waals surface area contributed by atoms with Crippen molar-refractivity contribution in [3.05, 3.63) is 0 Å². The standard InChI is InChI=1S/C3H8.C2H4N2S.C2H6/c1-3-2;1-3-2-5-4-1;1-2/h3H2,1-2H3;2,4H,1H2;1-2H3. The summed E-state index contributed by atoms with van der Waals surface area (Å²) in [7, 11) is 0. The van der Waals surface area contributed by atoms with Crippen LogP contribution >= 0.6 is 11.9 Å². The van der Waals surface area contributed by atoms with Crippen LogP contribution in [0, 0.1) is 0 Å². The molecule has 1 aliphatic heterocycles. The molecule has 0 spiro atoms. The Morgan fingerprint density at radius 2 is 2.00 bits per heavy atom. The lowest BCUT2D eigenvalue weighted by molar-refractivity contribution is 1.02. The van der Waals surface area contributed by atoms with Gasteiger partial charge >= 0.3 is 0 Å². The number of hydrogen-bond acceptors (Lipinski definition) is 3. The normalized spacial score (nSPS) is 12.8. The van der Waals surface area contributed by atoms with Crippen LogP contribution in [0.5, 0.6) is 0 Å². The van der Waals surface area contributed by atoms with Crippen LogP contribution in [0.1, 0.15) is 34.1 Å². The highest BCUT2D eigenvalue weighted by Crippen LogP contribution is 1.90. The molecule has 1 aliphatic rings. The number of hydrogen-bond donors (Lipinski definition) is 1. The fourth-order valence-corrected chi connectivity index (χ4v) is 0.559. The first-order valence-electron chi connectivity index (χ1n) is 3.78. The molecule has 1 N–H and O–H groups in total. The molecule has 1 heterocycles. The number of aliphatic imine (C=N–C) groups is 1. The second-order valence-electron chi connectivity index (χ2n) is 1.42. The molecule has 0 amide bonds. The molecule has 0 unspecified atom stereocenters. The third kappa shape index (κ3) is 15.7. The first-order valence-corrected chi connectivity index (χ1v) is 4.66. The zero-order valence-electron chi connectivity index (χ0n) is 7.35. The molecule has 3 heteroatoms. The molecule has 0 saturated heterocycles. The highest BCUT2D eigenvalue weighted by molar-refractivity contribution is 8.10. The van der Waals surface area contributed by atoms with Crippen molar-refractivity contribution in [3.63, 3.8) is 0 Å². The highest BCUT2D eigenvalue weighted by atomic mass is 32.2. The van der Waals surface area contributed by atoms with Gasteiger partial charge in [0.15, 0.2) is 0 Å². The first kappa shape index (κ1) is 12.6. The zero-order chi connectivity index (χ0) is 8.24. The van der Waals surface area contributed by atoms with Crippen molar-refractivity contribution in [2.24, 2.45) is 4.99 Å². The maximum absolute atomic E-state index is 3.81. The summed E-state index contributed by atoms with van der Waals surface area (Å²) in [5.74, 6) is 0. The molecule has 0 bridgehead atoms. The molecule has 0 aromatic rings. The summed E-state index contributed by atoms with van der Waals surface area (Å²) < 4.78 is 2.92. The predicted octanol–water partition coefficient (Wildman–Crippen LogP) is 2.67. The third-order valence-electron chi connectivity index (χ3n) is 0.366. The van der Waals surface area contributed by atoms with E-state index in [4.69, 9.17) is 0 Å². The summed E-state index contributed by atoms with van der Waals surface area (Å²) in [5.41, 5.74) is 1.79. The van der Waals surface area contributed by atoms with Crippen molar-refractivity contribution in [1.29, 1.82) is 0 Å². The smallest absolute Gasteiger partial charge is 0.0983 e. The van der Waals surface area contributed by atoms with Crippen molar-refractivity contribution in [2.75, 3.05) is 6.67 Å². The highest BCUT2D eigenvalue weighted by Gasteiger charge is 1.83. The molecular formula is C7H18N2S. The van der Waals surface area contributed by atoms with Crippen molar-refractivity contribution in [3.8, 4) is 0 Å².